The highest BCUT2D eigenvalue weighted by molar-refractivity contribution is 6.12. The SMILES string of the molecule is COc1ccnc(CO)c1N(C(=O)C(F)(F)F)c1nn2cccnc2c1C(N)=O. The van der Waals surface area contributed by atoms with Crippen LogP contribution < -0.4 is 15.4 Å². The van der Waals surface area contributed by atoms with Gasteiger partial charge in [-0.25, -0.2) is 14.4 Å². The highest BCUT2D eigenvalue weighted by atomic mass is 19.4. The molecule has 2 amide bonds. The summed E-state index contributed by atoms with van der Waals surface area (Å²) < 4.78 is 46.4. The van der Waals surface area contributed by atoms with Crippen LogP contribution in [0.5, 0.6) is 5.75 Å². The number of aliphatic hydroxyl groups excluding tert-OH is 1. The molecular weight excluding hydrogens is 397 g/mol. The Kier molecular flexibility index (Phi) is 5.07. The van der Waals surface area contributed by atoms with Gasteiger partial charge in [0.2, 0.25) is 0 Å². The summed E-state index contributed by atoms with van der Waals surface area (Å²) in [6.07, 6.45) is -1.62. The van der Waals surface area contributed by atoms with Gasteiger partial charge in [-0.05, 0) is 6.07 Å². The van der Waals surface area contributed by atoms with E-state index in [1.54, 1.807) is 0 Å². The van der Waals surface area contributed by atoms with Crippen LogP contribution in [0.15, 0.2) is 30.7 Å². The summed E-state index contributed by atoms with van der Waals surface area (Å²) in [6, 6.07) is 2.59. The average Bonchev–Trinajstić information content (AvgIpc) is 3.06. The number of fused-ring (bicyclic) bond motifs is 1. The fourth-order valence-electron chi connectivity index (χ4n) is 2.68. The molecule has 0 saturated carbocycles. The molecular formula is C16H13F3N6O4. The number of nitrogens with two attached hydrogens (primary N) is 1. The standard InChI is InChI=1S/C16H13F3N6O4/c1-29-9-3-5-21-8(7-26)11(9)25(15(28)16(17,18)19)14-10(12(20)27)13-22-4-2-6-24(13)23-14/h2-6,26H,7H2,1H3,(H2,20,27). The molecule has 3 N–H and O–H groups in total. The van der Waals surface area contributed by atoms with Gasteiger partial charge < -0.3 is 15.6 Å². The van der Waals surface area contributed by atoms with E-state index < -0.39 is 41.7 Å². The number of carbonyl (C=O) groups is 2. The lowest BCUT2D eigenvalue weighted by atomic mass is 10.2. The van der Waals surface area contributed by atoms with Crippen molar-refractivity contribution < 1.29 is 32.6 Å². The zero-order valence-corrected chi connectivity index (χ0v) is 14.7. The summed E-state index contributed by atoms with van der Waals surface area (Å²) in [7, 11) is 1.15. The van der Waals surface area contributed by atoms with Crippen LogP contribution in [0.1, 0.15) is 16.1 Å². The number of nitrogens with zero attached hydrogens (tertiary/aromatic N) is 5. The van der Waals surface area contributed by atoms with Gasteiger partial charge in [-0.2, -0.15) is 13.2 Å². The van der Waals surface area contributed by atoms with E-state index in [4.69, 9.17) is 10.5 Å². The molecule has 0 saturated heterocycles. The number of alkyl halides is 3. The van der Waals surface area contributed by atoms with Gasteiger partial charge in [-0.15, -0.1) is 5.10 Å². The first-order valence-corrected chi connectivity index (χ1v) is 7.87. The Morgan fingerprint density at radius 1 is 1.31 bits per heavy atom. The van der Waals surface area contributed by atoms with E-state index in [0.717, 1.165) is 11.6 Å². The van der Waals surface area contributed by atoms with Gasteiger partial charge >= 0.3 is 12.1 Å². The van der Waals surface area contributed by atoms with Crippen LogP contribution in [0.2, 0.25) is 0 Å². The number of ether oxygens (including phenoxy) is 1. The Bertz CT molecular complexity index is 1080. The van der Waals surface area contributed by atoms with Crippen molar-refractivity contribution in [1.29, 1.82) is 0 Å². The summed E-state index contributed by atoms with van der Waals surface area (Å²) in [5.74, 6) is -4.52. The number of aromatic nitrogens is 4. The first-order valence-electron chi connectivity index (χ1n) is 7.87. The molecule has 3 rings (SSSR count). The van der Waals surface area contributed by atoms with E-state index in [0.29, 0.717) is 0 Å². The zero-order valence-electron chi connectivity index (χ0n) is 14.7. The molecule has 0 aromatic carbocycles. The minimum Gasteiger partial charge on any atom is -0.494 e. The molecule has 10 nitrogen and oxygen atoms in total. The molecule has 3 aromatic rings. The number of amides is 2. The third-order valence-corrected chi connectivity index (χ3v) is 3.84. The topological polar surface area (TPSA) is 136 Å². The number of halogens is 3. The summed E-state index contributed by atoms with van der Waals surface area (Å²) in [6.45, 7) is -0.828. The second-order valence-corrected chi connectivity index (χ2v) is 5.56. The maximum atomic E-state index is 13.4. The Morgan fingerprint density at radius 3 is 2.62 bits per heavy atom. The van der Waals surface area contributed by atoms with E-state index in [1.807, 2.05) is 0 Å². The van der Waals surface area contributed by atoms with Crippen LogP contribution in [0.4, 0.5) is 24.7 Å². The number of rotatable bonds is 5. The summed E-state index contributed by atoms with van der Waals surface area (Å²) in [5, 5.41) is 13.5. The maximum absolute atomic E-state index is 13.4. The number of hydrogen-bond acceptors (Lipinski definition) is 7. The van der Waals surface area contributed by atoms with E-state index in [2.05, 4.69) is 15.1 Å². The number of anilines is 2. The van der Waals surface area contributed by atoms with Gasteiger partial charge in [0.25, 0.3) is 5.91 Å². The molecule has 0 radical (unpaired) electrons. The van der Waals surface area contributed by atoms with Crippen molar-refractivity contribution in [3.8, 4) is 5.75 Å². The lowest BCUT2D eigenvalue weighted by Crippen LogP contribution is -2.40. The first kappa shape index (κ1) is 20.0. The molecule has 3 aromatic heterocycles. The quantitative estimate of drug-likeness (QED) is 0.639. The highest BCUT2D eigenvalue weighted by Gasteiger charge is 2.47. The van der Waals surface area contributed by atoms with Gasteiger partial charge in [-0.3, -0.25) is 14.6 Å². The fraction of sp³-hybridized carbons (Fsp3) is 0.188. The summed E-state index contributed by atoms with van der Waals surface area (Å²) in [5.41, 5.74) is 3.80. The molecule has 0 aliphatic carbocycles. The van der Waals surface area contributed by atoms with Crippen molar-refractivity contribution in [1.82, 2.24) is 19.6 Å². The molecule has 0 atom stereocenters. The average molecular weight is 410 g/mol. The largest absolute Gasteiger partial charge is 0.494 e. The van der Waals surface area contributed by atoms with Crippen molar-refractivity contribution in [3.05, 3.63) is 42.0 Å². The lowest BCUT2D eigenvalue weighted by molar-refractivity contribution is -0.169. The van der Waals surface area contributed by atoms with E-state index in [-0.39, 0.29) is 22.0 Å². The van der Waals surface area contributed by atoms with Crippen molar-refractivity contribution in [2.45, 2.75) is 12.8 Å². The van der Waals surface area contributed by atoms with E-state index in [1.165, 1.54) is 30.7 Å². The predicted molar refractivity (Wildman–Crippen MR) is 91.4 cm³/mol. The van der Waals surface area contributed by atoms with Gasteiger partial charge in [0.15, 0.2) is 11.5 Å². The third-order valence-electron chi connectivity index (χ3n) is 3.84. The smallest absolute Gasteiger partial charge is 0.472 e. The Labute approximate surface area is 160 Å². The number of methoxy groups -OCH3 is 1. The number of primary amides is 1. The van der Waals surface area contributed by atoms with Gasteiger partial charge in [0, 0.05) is 24.7 Å². The van der Waals surface area contributed by atoms with Crippen molar-refractivity contribution in [3.63, 3.8) is 0 Å². The molecule has 0 aliphatic rings. The van der Waals surface area contributed by atoms with Crippen LogP contribution in [0.25, 0.3) is 5.65 Å². The molecule has 152 valence electrons. The number of pyridine rings is 1. The van der Waals surface area contributed by atoms with Crippen LogP contribution in [0, 0.1) is 0 Å². The van der Waals surface area contributed by atoms with Crippen molar-refractivity contribution in [2.24, 2.45) is 5.73 Å². The Hall–Kier alpha value is -3.74. The maximum Gasteiger partial charge on any atom is 0.472 e. The Balaban J connectivity index is 2.42. The first-order chi connectivity index (χ1) is 13.7. The molecule has 3 heterocycles. The normalized spacial score (nSPS) is 11.5. The van der Waals surface area contributed by atoms with Crippen LogP contribution >= 0.6 is 0 Å². The third kappa shape index (κ3) is 3.42. The molecule has 29 heavy (non-hydrogen) atoms. The lowest BCUT2D eigenvalue weighted by Gasteiger charge is -2.25. The molecule has 0 bridgehead atoms. The van der Waals surface area contributed by atoms with Crippen LogP contribution in [-0.2, 0) is 11.4 Å². The van der Waals surface area contributed by atoms with Gasteiger partial charge in [-0.1, -0.05) is 0 Å². The highest BCUT2D eigenvalue weighted by Crippen LogP contribution is 2.40. The number of aliphatic hydroxyl groups is 1. The number of carbonyl (C=O) groups excluding carboxylic acids is 2. The molecule has 0 spiro atoms. The molecule has 13 heteroatoms. The molecule has 0 fully saturated rings. The second kappa shape index (κ2) is 7.35. The monoisotopic (exact) mass is 410 g/mol. The van der Waals surface area contributed by atoms with Gasteiger partial charge in [0.05, 0.1) is 19.4 Å². The molecule has 0 unspecified atom stereocenters. The zero-order chi connectivity index (χ0) is 21.3. The summed E-state index contributed by atoms with van der Waals surface area (Å²) in [4.78, 5) is 32.2. The predicted octanol–water partition coefficient (Wildman–Crippen LogP) is 0.951. The minimum absolute atomic E-state index is 0.0894. The van der Waals surface area contributed by atoms with Crippen LogP contribution in [0.3, 0.4) is 0 Å². The number of hydrogen-bond donors (Lipinski definition) is 2. The van der Waals surface area contributed by atoms with Crippen molar-refractivity contribution in [2.75, 3.05) is 12.0 Å². The minimum atomic E-state index is -5.37. The van der Waals surface area contributed by atoms with E-state index in [9.17, 15) is 27.9 Å². The fourth-order valence-corrected chi connectivity index (χ4v) is 2.68. The molecule has 0 aliphatic heterocycles. The van der Waals surface area contributed by atoms with Crippen molar-refractivity contribution >= 4 is 29.0 Å². The second-order valence-electron chi connectivity index (χ2n) is 5.56. The summed E-state index contributed by atoms with van der Waals surface area (Å²) >= 11 is 0. The Morgan fingerprint density at radius 2 is 2.03 bits per heavy atom. The van der Waals surface area contributed by atoms with Gasteiger partial charge in [0.1, 0.15) is 17.0 Å². The van der Waals surface area contributed by atoms with E-state index >= 15 is 0 Å². The van der Waals surface area contributed by atoms with Crippen LogP contribution in [-0.4, -0.2) is 49.8 Å².